The van der Waals surface area contributed by atoms with Crippen molar-refractivity contribution in [3.63, 3.8) is 0 Å². The van der Waals surface area contributed by atoms with Crippen LogP contribution in [-0.4, -0.2) is 19.6 Å². The van der Waals surface area contributed by atoms with E-state index in [0.29, 0.717) is 33.5 Å². The molecule has 0 saturated carbocycles. The molecule has 8 rings (SSSR count). The van der Waals surface area contributed by atoms with Crippen molar-refractivity contribution < 1.29 is 39.9 Å². The second-order valence-electron chi connectivity index (χ2n) is 18.2. The van der Waals surface area contributed by atoms with Crippen molar-refractivity contribution in [1.82, 2.24) is 14.5 Å². The maximum Gasteiger partial charge on any atom is 0.148 e. The third-order valence-corrected chi connectivity index (χ3v) is 11.4. The van der Waals surface area contributed by atoms with E-state index in [-0.39, 0.29) is 43.3 Å². The average molecular weight is 1010 g/mol. The van der Waals surface area contributed by atoms with E-state index in [1.54, 1.807) is 6.20 Å². The van der Waals surface area contributed by atoms with Gasteiger partial charge in [-0.25, -0.2) is 4.98 Å². The van der Waals surface area contributed by atoms with Gasteiger partial charge in [-0.05, 0) is 85.9 Å². The first-order valence-electron chi connectivity index (χ1n) is 25.6. The molecule has 0 bridgehead atoms. The molecule has 8 aromatic rings. The molecule has 0 amide bonds. The molecule has 0 radical (unpaired) electrons. The Kier molecular flexibility index (Phi) is 9.03. The van der Waals surface area contributed by atoms with Gasteiger partial charge < -0.3 is 5.11 Å². The van der Waals surface area contributed by atoms with Gasteiger partial charge >= 0.3 is 0 Å². The van der Waals surface area contributed by atoms with Gasteiger partial charge in [0.05, 0.1) is 22.3 Å². The number of para-hydroxylation sites is 2. The molecule has 62 heavy (non-hydrogen) atoms. The molecule has 318 valence electrons. The van der Waals surface area contributed by atoms with Crippen molar-refractivity contribution in [3.8, 4) is 67.5 Å². The van der Waals surface area contributed by atoms with E-state index >= 15 is 0 Å². The number of pyridine rings is 1. The third-order valence-electron chi connectivity index (χ3n) is 11.4. The van der Waals surface area contributed by atoms with Crippen LogP contribution in [-0.2, 0) is 37.3 Å². The fraction of sp³-hybridized carbons (Fsp3) is 0.263. The van der Waals surface area contributed by atoms with E-state index in [2.05, 4.69) is 65.8 Å². The van der Waals surface area contributed by atoms with Gasteiger partial charge in [-0.15, -0.1) is 29.3 Å². The van der Waals surface area contributed by atoms with E-state index in [0.717, 1.165) is 50.6 Å². The van der Waals surface area contributed by atoms with Crippen molar-refractivity contribution in [1.29, 1.82) is 0 Å². The van der Waals surface area contributed by atoms with E-state index in [4.69, 9.17) is 23.7 Å². The van der Waals surface area contributed by atoms with E-state index < -0.39 is 43.2 Å². The molecule has 6 aromatic carbocycles. The molecule has 0 aliphatic heterocycles. The summed E-state index contributed by atoms with van der Waals surface area (Å²) in [5.41, 5.74) is 6.16. The number of hydrogen-bond donors (Lipinski definition) is 1. The van der Waals surface area contributed by atoms with Crippen LogP contribution >= 0.6 is 0 Å². The minimum absolute atomic E-state index is 0. The van der Waals surface area contributed by atoms with Gasteiger partial charge in [-0.3, -0.25) is 9.55 Å². The molecule has 0 saturated heterocycles. The summed E-state index contributed by atoms with van der Waals surface area (Å²) in [4.78, 5) is 10.1. The van der Waals surface area contributed by atoms with Gasteiger partial charge in [0, 0.05) is 52.2 Å². The first kappa shape index (κ1) is 33.0. The van der Waals surface area contributed by atoms with Crippen LogP contribution < -0.4 is 0 Å². The summed E-state index contributed by atoms with van der Waals surface area (Å²) >= 11 is 0. The zero-order valence-electron chi connectivity index (χ0n) is 46.4. The fourth-order valence-electron chi connectivity index (χ4n) is 7.85. The Bertz CT molecular complexity index is 3250. The van der Waals surface area contributed by atoms with Gasteiger partial charge in [0.1, 0.15) is 11.6 Å². The second-order valence-corrected chi connectivity index (χ2v) is 18.2. The van der Waals surface area contributed by atoms with Gasteiger partial charge in [0.2, 0.25) is 0 Å². The largest absolute Gasteiger partial charge is 0.507 e. The SMILES string of the molecule is [2H]C(C)(C)c1ccc(-c2ccnc(-c3[c-]c(-c4cccc5c4nc(-c4cccc(C(C([2H])([2H])[2H])(C([2H])([2H])[2H])C([2H])([2H])[2H])c4O)n5-c4ccc(C(C)(C)C)cc4-c4ccccc4)cc(C(C)(C)C)c3)c2)cc1.[Pt]. The van der Waals surface area contributed by atoms with Gasteiger partial charge in [-0.1, -0.05) is 178 Å². The van der Waals surface area contributed by atoms with E-state index in [9.17, 15) is 5.11 Å². The summed E-state index contributed by atoms with van der Waals surface area (Å²) < 4.78 is 87.1. The first-order chi connectivity index (χ1) is 32.9. The average Bonchev–Trinajstić information content (AvgIpc) is 3.67. The minimum Gasteiger partial charge on any atom is -0.507 e. The van der Waals surface area contributed by atoms with Gasteiger partial charge in [0.15, 0.2) is 0 Å². The number of phenols is 1. The number of benzene rings is 6. The number of imidazole rings is 1. The van der Waals surface area contributed by atoms with Crippen molar-refractivity contribution in [2.75, 3.05) is 0 Å². The van der Waals surface area contributed by atoms with Crippen LogP contribution in [0.4, 0.5) is 0 Å². The van der Waals surface area contributed by atoms with Crippen LogP contribution in [0.2, 0.25) is 0 Å². The first-order valence-corrected chi connectivity index (χ1v) is 20.6. The molecule has 0 aliphatic rings. The summed E-state index contributed by atoms with van der Waals surface area (Å²) in [5.74, 6) is -1.45. The number of aromatic hydroxyl groups is 1. The summed E-state index contributed by atoms with van der Waals surface area (Å²) in [6, 6.07) is 45.4. The zero-order valence-corrected chi connectivity index (χ0v) is 38.7. The second kappa shape index (κ2) is 16.9. The van der Waals surface area contributed by atoms with Gasteiger partial charge in [0.25, 0.3) is 0 Å². The molecule has 0 aliphatic carbocycles. The summed E-state index contributed by atoms with van der Waals surface area (Å²) in [6.07, 6.45) is 1.77. The van der Waals surface area contributed by atoms with Crippen LogP contribution in [0.5, 0.6) is 5.75 Å². The molecular formula is C57H58N3OPt-. The predicted molar refractivity (Wildman–Crippen MR) is 257 cm³/mol. The number of rotatable bonds is 7. The van der Waals surface area contributed by atoms with E-state index in [1.807, 2.05) is 115 Å². The summed E-state index contributed by atoms with van der Waals surface area (Å²) in [5, 5.41) is 12.5. The smallest absolute Gasteiger partial charge is 0.148 e. The number of fused-ring (bicyclic) bond motifs is 1. The number of nitrogens with zero attached hydrogens (tertiary/aromatic N) is 3. The Balaban J connectivity index is 0.00000760. The Morgan fingerprint density at radius 3 is 1.98 bits per heavy atom. The predicted octanol–water partition coefficient (Wildman–Crippen LogP) is 15.3. The maximum atomic E-state index is 12.5. The van der Waals surface area contributed by atoms with Crippen molar-refractivity contribution in [2.24, 2.45) is 0 Å². The minimum atomic E-state index is -3.62. The maximum absolute atomic E-state index is 12.5. The van der Waals surface area contributed by atoms with Crippen LogP contribution in [0.25, 0.3) is 72.7 Å². The monoisotopic (exact) mass is 1010 g/mol. The standard InChI is InChI=1S/C57H58N3O.Pt/c1-36(2)37-23-25-38(26-24-37)40-29-30-58-49(34-40)42-31-41(32-44(33-42)56(6,7)8)45-19-16-22-51-52(45)59-54(46-20-15-21-48(53(46)61)57(9,10)11)60(51)50-28-27-43(55(3,4)5)35-47(50)39-17-13-12-14-18-39;/h12-30,32-36,61H,1-11H3;/q-1;/i9D3,10D3,11D3,36D;. The number of phenolic OH excluding ortho intramolecular Hbond substituents is 1. The van der Waals surface area contributed by atoms with Gasteiger partial charge in [-0.2, -0.15) is 0 Å². The molecule has 4 nitrogen and oxygen atoms in total. The summed E-state index contributed by atoms with van der Waals surface area (Å²) in [7, 11) is 0. The Labute approximate surface area is 397 Å². The molecule has 0 atom stereocenters. The van der Waals surface area contributed by atoms with Crippen LogP contribution in [0.3, 0.4) is 0 Å². The molecule has 2 aromatic heterocycles. The van der Waals surface area contributed by atoms with Crippen LogP contribution in [0, 0.1) is 6.07 Å². The summed E-state index contributed by atoms with van der Waals surface area (Å²) in [6.45, 7) is 5.60. The van der Waals surface area contributed by atoms with Crippen molar-refractivity contribution in [3.05, 3.63) is 168 Å². The normalized spacial score (nSPS) is 15.4. The molecule has 2 heterocycles. The van der Waals surface area contributed by atoms with Crippen molar-refractivity contribution in [2.45, 2.75) is 98.1 Å². The van der Waals surface area contributed by atoms with Crippen molar-refractivity contribution >= 4 is 11.0 Å². The van der Waals surface area contributed by atoms with E-state index in [1.165, 1.54) is 12.1 Å². The molecule has 5 heteroatoms. The molecule has 0 fully saturated rings. The van der Waals surface area contributed by atoms with Crippen LogP contribution in [0.1, 0.15) is 118 Å². The Morgan fingerprint density at radius 1 is 0.629 bits per heavy atom. The quantitative estimate of drug-likeness (QED) is 0.162. The molecular weight excluding hydrogens is 938 g/mol. The third kappa shape index (κ3) is 8.73. The molecule has 1 N–H and O–H groups in total. The number of aromatic nitrogens is 3. The molecule has 0 spiro atoms. The Morgan fingerprint density at radius 2 is 1.31 bits per heavy atom. The topological polar surface area (TPSA) is 50.9 Å². The zero-order chi connectivity index (χ0) is 51.9. The number of hydrogen-bond acceptors (Lipinski definition) is 3. The molecule has 0 unspecified atom stereocenters. The van der Waals surface area contributed by atoms with Crippen LogP contribution in [0.15, 0.2) is 140 Å². The fourth-order valence-corrected chi connectivity index (χ4v) is 7.85. The Hall–Kier alpha value is -5.57.